The van der Waals surface area contributed by atoms with Crippen LogP contribution < -0.4 is 10.1 Å². The zero-order valence-electron chi connectivity index (χ0n) is 17.5. The lowest BCUT2D eigenvalue weighted by atomic mass is 9.93. The molecule has 180 valence electrons. The number of halogens is 3. The van der Waals surface area contributed by atoms with Gasteiger partial charge in [0.2, 0.25) is 5.88 Å². The Morgan fingerprint density at radius 1 is 1.24 bits per heavy atom. The molecule has 2 aromatic heterocycles. The van der Waals surface area contributed by atoms with Gasteiger partial charge in [0.05, 0.1) is 15.6 Å². The first-order chi connectivity index (χ1) is 16.1. The van der Waals surface area contributed by atoms with Gasteiger partial charge in [-0.2, -0.15) is 5.10 Å². The zero-order chi connectivity index (χ0) is 24.5. The van der Waals surface area contributed by atoms with Crippen LogP contribution in [0.5, 0.6) is 11.6 Å². The fourth-order valence-electron chi connectivity index (χ4n) is 3.74. The smallest absolute Gasteiger partial charge is 0.325 e. The van der Waals surface area contributed by atoms with Gasteiger partial charge < -0.3 is 9.84 Å². The Morgan fingerprint density at radius 2 is 1.97 bits per heavy atom. The van der Waals surface area contributed by atoms with E-state index in [1.54, 1.807) is 24.4 Å². The molecule has 4 rings (SSSR count). The maximum absolute atomic E-state index is 13.0. The molecule has 0 bridgehead atoms. The van der Waals surface area contributed by atoms with Crippen molar-refractivity contribution in [1.82, 2.24) is 20.1 Å². The highest BCUT2D eigenvalue weighted by atomic mass is 79.9. The van der Waals surface area contributed by atoms with Gasteiger partial charge in [-0.25, -0.2) is 13.4 Å². The minimum absolute atomic E-state index is 0.0148. The van der Waals surface area contributed by atoms with E-state index >= 15 is 0 Å². The number of aromatic nitrogens is 3. The summed E-state index contributed by atoms with van der Waals surface area (Å²) in [7, 11) is -3.72. The second-order valence-electron chi connectivity index (χ2n) is 7.67. The van der Waals surface area contributed by atoms with Gasteiger partial charge in [-0.15, -0.1) is 0 Å². The molecule has 0 saturated carbocycles. The van der Waals surface area contributed by atoms with Gasteiger partial charge in [0.25, 0.3) is 0 Å². The van der Waals surface area contributed by atoms with Gasteiger partial charge >= 0.3 is 5.97 Å². The first-order valence-corrected chi connectivity index (χ1v) is 13.3. The SMILES string of the molecule is O=C(O)Cn1ncc2c1CCC[C@H]2NCS(=O)(=O)c1cnc(Oc2cc(Cl)cc(Cl)c2)c(Br)c1. The van der Waals surface area contributed by atoms with Gasteiger partial charge in [0, 0.05) is 33.5 Å². The van der Waals surface area contributed by atoms with E-state index in [0.717, 1.165) is 24.1 Å². The molecule has 1 atom stereocenters. The topological polar surface area (TPSA) is 123 Å². The minimum atomic E-state index is -3.72. The number of aliphatic carboxylic acids is 1. The molecule has 0 amide bonds. The predicted molar refractivity (Wildman–Crippen MR) is 129 cm³/mol. The molecule has 0 aliphatic heterocycles. The monoisotopic (exact) mass is 588 g/mol. The van der Waals surface area contributed by atoms with Crippen LogP contribution >= 0.6 is 39.1 Å². The average Bonchev–Trinajstić information content (AvgIpc) is 3.16. The van der Waals surface area contributed by atoms with E-state index in [-0.39, 0.29) is 29.2 Å². The first kappa shape index (κ1) is 24.9. The van der Waals surface area contributed by atoms with Crippen molar-refractivity contribution in [2.75, 3.05) is 5.88 Å². The highest BCUT2D eigenvalue weighted by molar-refractivity contribution is 9.10. The Hall–Kier alpha value is -2.18. The van der Waals surface area contributed by atoms with Gasteiger partial charge in [0.15, 0.2) is 9.84 Å². The van der Waals surface area contributed by atoms with Gasteiger partial charge in [-0.3, -0.25) is 14.8 Å². The number of hydrogen-bond donors (Lipinski definition) is 2. The summed E-state index contributed by atoms with van der Waals surface area (Å²) in [6, 6.07) is 5.86. The van der Waals surface area contributed by atoms with Gasteiger partial charge in [-0.1, -0.05) is 23.2 Å². The van der Waals surface area contributed by atoms with E-state index in [9.17, 15) is 13.2 Å². The molecule has 0 radical (unpaired) electrons. The van der Waals surface area contributed by atoms with Crippen molar-refractivity contribution in [2.45, 2.75) is 36.7 Å². The van der Waals surface area contributed by atoms with E-state index in [1.165, 1.54) is 16.9 Å². The summed E-state index contributed by atoms with van der Waals surface area (Å²) in [6.07, 6.45) is 5.04. The van der Waals surface area contributed by atoms with Crippen LogP contribution in [-0.4, -0.2) is 40.1 Å². The Bertz CT molecular complexity index is 1330. The van der Waals surface area contributed by atoms with Crippen LogP contribution in [0.15, 0.2) is 46.0 Å². The summed E-state index contributed by atoms with van der Waals surface area (Å²) in [5, 5.41) is 17.1. The van der Waals surface area contributed by atoms with Crippen molar-refractivity contribution >= 4 is 54.9 Å². The lowest BCUT2D eigenvalue weighted by Gasteiger charge is -2.24. The summed E-state index contributed by atoms with van der Waals surface area (Å²) in [5.41, 5.74) is 1.64. The van der Waals surface area contributed by atoms with E-state index in [2.05, 4.69) is 31.3 Å². The summed E-state index contributed by atoms with van der Waals surface area (Å²) < 4.78 is 33.4. The van der Waals surface area contributed by atoms with Crippen LogP contribution in [0.4, 0.5) is 0 Å². The number of nitrogens with zero attached hydrogens (tertiary/aromatic N) is 3. The molecule has 1 aromatic carbocycles. The average molecular weight is 590 g/mol. The molecular formula is C21H19BrCl2N4O5S. The van der Waals surface area contributed by atoms with Crippen LogP contribution in [0.3, 0.4) is 0 Å². The number of carboxylic acids is 1. The number of nitrogens with one attached hydrogen (secondary N) is 1. The third-order valence-electron chi connectivity index (χ3n) is 5.26. The van der Waals surface area contributed by atoms with Crippen molar-refractivity contribution < 1.29 is 23.1 Å². The van der Waals surface area contributed by atoms with Crippen LogP contribution in [0.25, 0.3) is 0 Å². The molecule has 9 nitrogen and oxygen atoms in total. The van der Waals surface area contributed by atoms with E-state index in [4.69, 9.17) is 33.0 Å². The Kier molecular flexibility index (Phi) is 7.48. The lowest BCUT2D eigenvalue weighted by molar-refractivity contribution is -0.137. The van der Waals surface area contributed by atoms with E-state index in [1.807, 2.05) is 0 Å². The number of benzene rings is 1. The van der Waals surface area contributed by atoms with Crippen molar-refractivity contribution in [3.8, 4) is 11.6 Å². The Morgan fingerprint density at radius 3 is 2.65 bits per heavy atom. The second-order valence-corrected chi connectivity index (χ2v) is 11.4. The summed E-state index contributed by atoms with van der Waals surface area (Å²) in [4.78, 5) is 15.2. The maximum atomic E-state index is 13.0. The number of carbonyl (C=O) groups is 1. The standard InChI is InChI=1S/C21H19BrCl2N4O5S/c22-17-7-15(8-25-21(17)33-14-5-12(23)4-13(24)6-14)34(31,32)11-26-18-2-1-3-19-16(18)9-27-28(19)10-20(29)30/h4-9,18,26H,1-3,10-11H2,(H,29,30)/t18-/m1/s1. The predicted octanol–water partition coefficient (Wildman–Crippen LogP) is 4.62. The van der Waals surface area contributed by atoms with Crippen LogP contribution in [-0.2, 0) is 27.6 Å². The maximum Gasteiger partial charge on any atom is 0.325 e. The summed E-state index contributed by atoms with van der Waals surface area (Å²) in [5.74, 6) is -0.778. The third kappa shape index (κ3) is 5.72. The third-order valence-corrected chi connectivity index (χ3v) is 7.75. The number of fused-ring (bicyclic) bond motifs is 1. The fourth-order valence-corrected chi connectivity index (χ4v) is 5.93. The van der Waals surface area contributed by atoms with E-state index < -0.39 is 15.8 Å². The Balaban J connectivity index is 1.47. The van der Waals surface area contributed by atoms with Crippen molar-refractivity contribution in [3.05, 3.63) is 62.4 Å². The molecule has 2 heterocycles. The fraction of sp³-hybridized carbons (Fsp3) is 0.286. The molecule has 0 unspecified atom stereocenters. The highest BCUT2D eigenvalue weighted by Gasteiger charge is 2.27. The molecule has 3 aromatic rings. The molecule has 0 fully saturated rings. The van der Waals surface area contributed by atoms with Crippen molar-refractivity contribution in [1.29, 1.82) is 0 Å². The van der Waals surface area contributed by atoms with Gasteiger partial charge in [-0.05, 0) is 59.5 Å². The molecule has 0 spiro atoms. The molecule has 1 aliphatic carbocycles. The van der Waals surface area contributed by atoms with Crippen LogP contribution in [0.2, 0.25) is 10.0 Å². The number of pyridine rings is 1. The normalized spacial score (nSPS) is 15.7. The molecular weight excluding hydrogens is 571 g/mol. The summed E-state index contributed by atoms with van der Waals surface area (Å²) in [6.45, 7) is -0.226. The first-order valence-electron chi connectivity index (χ1n) is 10.1. The highest BCUT2D eigenvalue weighted by Crippen LogP contribution is 2.33. The molecule has 2 N–H and O–H groups in total. The number of ether oxygens (including phenoxy) is 1. The quantitative estimate of drug-likeness (QED) is 0.390. The Labute approximate surface area is 214 Å². The van der Waals surface area contributed by atoms with Gasteiger partial charge in [0.1, 0.15) is 18.2 Å². The van der Waals surface area contributed by atoms with Crippen LogP contribution in [0.1, 0.15) is 30.1 Å². The lowest BCUT2D eigenvalue weighted by Crippen LogP contribution is -2.30. The number of sulfone groups is 1. The number of carboxylic acid groups (broad SMARTS) is 1. The molecule has 0 saturated heterocycles. The number of hydrogen-bond acceptors (Lipinski definition) is 7. The van der Waals surface area contributed by atoms with E-state index in [0.29, 0.717) is 26.7 Å². The molecule has 1 aliphatic rings. The van der Waals surface area contributed by atoms with Crippen molar-refractivity contribution in [3.63, 3.8) is 0 Å². The van der Waals surface area contributed by atoms with Crippen LogP contribution in [0, 0.1) is 0 Å². The molecule has 13 heteroatoms. The second kappa shape index (κ2) is 10.2. The number of rotatable bonds is 8. The molecule has 34 heavy (non-hydrogen) atoms. The largest absolute Gasteiger partial charge is 0.480 e. The van der Waals surface area contributed by atoms with Crippen molar-refractivity contribution in [2.24, 2.45) is 0 Å². The minimum Gasteiger partial charge on any atom is -0.480 e. The summed E-state index contributed by atoms with van der Waals surface area (Å²) >= 11 is 15.3. The zero-order valence-corrected chi connectivity index (χ0v) is 21.5.